The van der Waals surface area contributed by atoms with E-state index in [1.807, 2.05) is 0 Å². The van der Waals surface area contributed by atoms with Crippen molar-refractivity contribution in [2.75, 3.05) is 0 Å². The Kier molecular flexibility index (Phi) is 7.27. The number of sulfonamides is 1. The highest BCUT2D eigenvalue weighted by molar-refractivity contribution is 7.89. The van der Waals surface area contributed by atoms with Crippen LogP contribution in [0.1, 0.15) is 13.8 Å². The number of hydrogen-bond donors (Lipinski definition) is 1. The van der Waals surface area contributed by atoms with E-state index in [9.17, 15) is 8.42 Å². The number of nitrogens with one attached hydrogen (secondary N) is 1. The maximum Gasteiger partial charge on any atom is 0.240 e. The molecule has 5 nitrogen and oxygen atoms in total. The Morgan fingerprint density at radius 2 is 1.56 bits per heavy atom. The normalized spacial score (nSPS) is 10.4. The van der Waals surface area contributed by atoms with Crippen LogP contribution in [0.15, 0.2) is 29.2 Å². The van der Waals surface area contributed by atoms with E-state index in [1.165, 1.54) is 12.1 Å². The molecule has 0 amide bonds. The van der Waals surface area contributed by atoms with Crippen LogP contribution in [0.2, 0.25) is 0 Å². The fraction of sp³-hybridized carbons (Fsp3) is 0.333. The van der Waals surface area contributed by atoms with Gasteiger partial charge in [-0.2, -0.15) is 0 Å². The van der Waals surface area contributed by atoms with E-state index in [0.717, 1.165) is 0 Å². The van der Waals surface area contributed by atoms with Crippen molar-refractivity contribution in [1.29, 1.82) is 0 Å². The highest BCUT2D eigenvalue weighted by Crippen LogP contribution is 2.06. The fourth-order valence-corrected chi connectivity index (χ4v) is 2.28. The van der Waals surface area contributed by atoms with Gasteiger partial charge in [-0.1, -0.05) is 17.6 Å². The molecule has 5 N–H and O–H groups in total. The van der Waals surface area contributed by atoms with E-state index in [2.05, 4.69) is 4.72 Å². The minimum Gasteiger partial charge on any atom is -0.412 e. The first kappa shape index (κ1) is 17.5. The van der Waals surface area contributed by atoms with Crippen molar-refractivity contribution in [2.24, 2.45) is 0 Å². The number of rotatable bonds is 3. The standard InChI is InChI=1S/C9H12BNO2S.2H2O/c1-7(2)11-14(12,13)9-5-3-8(10)4-6-9;;/h3-7,11H,1-2H3;2*1H2. The van der Waals surface area contributed by atoms with Crippen LogP contribution in [-0.4, -0.2) is 33.3 Å². The summed E-state index contributed by atoms with van der Waals surface area (Å²) in [6.07, 6.45) is 0. The third kappa shape index (κ3) is 4.76. The van der Waals surface area contributed by atoms with Gasteiger partial charge in [0, 0.05) is 6.04 Å². The Hall–Kier alpha value is -0.885. The number of hydrogen-bond acceptors (Lipinski definition) is 2. The summed E-state index contributed by atoms with van der Waals surface area (Å²) in [4.78, 5) is 0.236. The Morgan fingerprint density at radius 1 is 1.12 bits per heavy atom. The lowest BCUT2D eigenvalue weighted by molar-refractivity contribution is 0.570. The summed E-state index contributed by atoms with van der Waals surface area (Å²) >= 11 is 0. The second-order valence-electron chi connectivity index (χ2n) is 3.35. The minimum absolute atomic E-state index is 0. The zero-order valence-corrected chi connectivity index (χ0v) is 10.0. The lowest BCUT2D eigenvalue weighted by atomic mass is 9.97. The lowest BCUT2D eigenvalue weighted by Gasteiger charge is -2.09. The van der Waals surface area contributed by atoms with Crippen molar-refractivity contribution in [2.45, 2.75) is 24.8 Å². The van der Waals surface area contributed by atoms with Gasteiger partial charge < -0.3 is 11.0 Å². The Balaban J connectivity index is 0. The van der Waals surface area contributed by atoms with Gasteiger partial charge in [-0.3, -0.25) is 0 Å². The third-order valence-electron chi connectivity index (χ3n) is 1.58. The summed E-state index contributed by atoms with van der Waals surface area (Å²) in [5.74, 6) is 0. The van der Waals surface area contributed by atoms with Crippen LogP contribution >= 0.6 is 0 Å². The molecule has 1 aromatic carbocycles. The van der Waals surface area contributed by atoms with Gasteiger partial charge in [-0.15, -0.1) is 0 Å². The zero-order valence-electron chi connectivity index (χ0n) is 9.19. The largest absolute Gasteiger partial charge is 0.412 e. The van der Waals surface area contributed by atoms with Gasteiger partial charge in [-0.05, 0) is 26.0 Å². The molecule has 0 heterocycles. The quantitative estimate of drug-likeness (QED) is 0.655. The molecule has 0 bridgehead atoms. The Morgan fingerprint density at radius 3 is 1.94 bits per heavy atom. The molecular formula is C9H16BNO4S. The summed E-state index contributed by atoms with van der Waals surface area (Å²) in [5, 5.41) is 0. The monoisotopic (exact) mass is 245 g/mol. The smallest absolute Gasteiger partial charge is 0.240 e. The molecule has 0 spiro atoms. The lowest BCUT2D eigenvalue weighted by Crippen LogP contribution is -2.30. The molecule has 0 aliphatic carbocycles. The highest BCUT2D eigenvalue weighted by atomic mass is 32.2. The second kappa shape index (κ2) is 6.64. The van der Waals surface area contributed by atoms with Gasteiger partial charge in [0.15, 0.2) is 0 Å². The first-order chi connectivity index (χ1) is 6.42. The van der Waals surface area contributed by atoms with Crippen LogP contribution in [0, 0.1) is 0 Å². The molecule has 0 atom stereocenters. The first-order valence-electron chi connectivity index (χ1n) is 4.29. The molecule has 0 fully saturated rings. The van der Waals surface area contributed by atoms with Crippen LogP contribution in [0.5, 0.6) is 0 Å². The SMILES string of the molecule is O.O.[B]c1ccc(S(=O)(=O)NC(C)C)cc1. The average molecular weight is 245 g/mol. The molecule has 0 aliphatic heterocycles. The van der Waals surface area contributed by atoms with Crippen molar-refractivity contribution in [1.82, 2.24) is 4.72 Å². The van der Waals surface area contributed by atoms with Gasteiger partial charge in [0.25, 0.3) is 0 Å². The van der Waals surface area contributed by atoms with E-state index in [1.54, 1.807) is 26.0 Å². The molecule has 0 unspecified atom stereocenters. The molecule has 1 aromatic rings. The number of benzene rings is 1. The van der Waals surface area contributed by atoms with Crippen LogP contribution < -0.4 is 10.2 Å². The molecule has 90 valence electrons. The van der Waals surface area contributed by atoms with Gasteiger partial charge in [0.1, 0.15) is 7.85 Å². The van der Waals surface area contributed by atoms with Crippen LogP contribution in [0.25, 0.3) is 0 Å². The van der Waals surface area contributed by atoms with Crippen LogP contribution in [0.4, 0.5) is 0 Å². The van der Waals surface area contributed by atoms with E-state index in [4.69, 9.17) is 7.85 Å². The van der Waals surface area contributed by atoms with Crippen molar-refractivity contribution < 1.29 is 19.4 Å². The van der Waals surface area contributed by atoms with Gasteiger partial charge in [-0.25, -0.2) is 13.1 Å². The Labute approximate surface area is 97.0 Å². The van der Waals surface area contributed by atoms with E-state index in [-0.39, 0.29) is 21.9 Å². The van der Waals surface area contributed by atoms with Gasteiger partial charge >= 0.3 is 0 Å². The van der Waals surface area contributed by atoms with Crippen molar-refractivity contribution >= 4 is 23.3 Å². The van der Waals surface area contributed by atoms with E-state index in [0.29, 0.717) is 5.46 Å². The maximum atomic E-state index is 11.6. The molecular weight excluding hydrogens is 229 g/mol. The van der Waals surface area contributed by atoms with Crippen LogP contribution in [0.3, 0.4) is 0 Å². The van der Waals surface area contributed by atoms with Crippen molar-refractivity contribution in [3.05, 3.63) is 24.3 Å². The fourth-order valence-electron chi connectivity index (χ4n) is 1.03. The van der Waals surface area contributed by atoms with E-state index < -0.39 is 10.0 Å². The zero-order chi connectivity index (χ0) is 10.8. The predicted octanol–water partition coefficient (Wildman–Crippen LogP) is -1.48. The van der Waals surface area contributed by atoms with Gasteiger partial charge in [0.2, 0.25) is 10.0 Å². The summed E-state index contributed by atoms with van der Waals surface area (Å²) < 4.78 is 25.7. The molecule has 0 saturated heterocycles. The molecule has 7 heteroatoms. The molecule has 1 rings (SSSR count). The second-order valence-corrected chi connectivity index (χ2v) is 5.06. The molecule has 2 radical (unpaired) electrons. The maximum absolute atomic E-state index is 11.6. The van der Waals surface area contributed by atoms with Crippen molar-refractivity contribution in [3.63, 3.8) is 0 Å². The molecule has 16 heavy (non-hydrogen) atoms. The summed E-state index contributed by atoms with van der Waals surface area (Å²) in [7, 11) is 2.07. The van der Waals surface area contributed by atoms with E-state index >= 15 is 0 Å². The van der Waals surface area contributed by atoms with Crippen LogP contribution in [-0.2, 0) is 10.0 Å². The molecule has 0 saturated carbocycles. The summed E-state index contributed by atoms with van der Waals surface area (Å²) in [5.41, 5.74) is 0.550. The highest BCUT2D eigenvalue weighted by Gasteiger charge is 2.13. The first-order valence-corrected chi connectivity index (χ1v) is 5.78. The minimum atomic E-state index is -3.38. The third-order valence-corrected chi connectivity index (χ3v) is 3.26. The molecule has 0 aliphatic rings. The topological polar surface area (TPSA) is 109 Å². The van der Waals surface area contributed by atoms with Crippen molar-refractivity contribution in [3.8, 4) is 0 Å². The van der Waals surface area contributed by atoms with Gasteiger partial charge in [0.05, 0.1) is 4.90 Å². The predicted molar refractivity (Wildman–Crippen MR) is 64.5 cm³/mol. The summed E-state index contributed by atoms with van der Waals surface area (Å²) in [6.45, 7) is 3.55. The Bertz CT molecular complexity index is 402. The summed E-state index contributed by atoms with van der Waals surface area (Å²) in [6, 6.07) is 5.99. The molecule has 0 aromatic heterocycles. The average Bonchev–Trinajstić information content (AvgIpc) is 2.02.